The Hall–Kier alpha value is -4.97. The third-order valence-corrected chi connectivity index (χ3v) is 9.55. The summed E-state index contributed by atoms with van der Waals surface area (Å²) in [5, 5.41) is 0. The molecule has 0 aliphatic heterocycles. The van der Waals surface area contributed by atoms with E-state index in [0.29, 0.717) is 12.8 Å². The Balaban J connectivity index is 4.59. The lowest BCUT2D eigenvalue weighted by atomic mass is 10.1. The fourth-order valence-corrected chi connectivity index (χ4v) is 5.91. The Morgan fingerprint density at radius 1 is 0.328 bits per heavy atom. The van der Waals surface area contributed by atoms with Crippen molar-refractivity contribution in [3.05, 3.63) is 158 Å². The molecular formula is C58H86O6. The maximum atomic E-state index is 12.8. The molecule has 6 heteroatoms. The Bertz CT molecular complexity index is 1520. The van der Waals surface area contributed by atoms with Gasteiger partial charge in [0, 0.05) is 19.3 Å². The van der Waals surface area contributed by atoms with Gasteiger partial charge < -0.3 is 14.2 Å². The van der Waals surface area contributed by atoms with Gasteiger partial charge in [0.25, 0.3) is 0 Å². The standard InChI is InChI=1S/C58H86O6/c1-4-7-10-13-16-19-22-25-27-28-29-31-33-36-39-42-45-48-51-57(60)63-54-55(53-62-56(59)50-47-44-41-38-35-32-24-21-18-15-12-9-6-3)64-58(61)52-49-46-43-40-37-34-30-26-23-20-17-14-11-8-5-2/h8-25,27-29,31-32,35,38,41,55H,4-7,26,30,33-34,36-37,39-40,42-54H2,1-3H3/b11-8-,12-9-,13-10-,17-14-,18-15-,19-16-,23-20-,24-21-,25-22-,28-27-,31-29-,35-32-,41-38-. The minimum Gasteiger partial charge on any atom is -0.462 e. The maximum Gasteiger partial charge on any atom is 0.306 e. The van der Waals surface area contributed by atoms with Gasteiger partial charge in [-0.3, -0.25) is 14.4 Å². The first-order valence-corrected chi connectivity index (χ1v) is 24.7. The van der Waals surface area contributed by atoms with Gasteiger partial charge in [-0.05, 0) is 70.6 Å². The predicted octanol–water partition coefficient (Wildman–Crippen LogP) is 16.2. The number of hydrogen-bond donors (Lipinski definition) is 0. The Kier molecular flexibility index (Phi) is 46.7. The van der Waals surface area contributed by atoms with Crippen LogP contribution >= 0.6 is 0 Å². The van der Waals surface area contributed by atoms with Crippen LogP contribution in [-0.4, -0.2) is 37.2 Å². The molecule has 0 aliphatic rings. The summed E-state index contributed by atoms with van der Waals surface area (Å²) < 4.78 is 16.7. The quantitative estimate of drug-likeness (QED) is 0.0263. The maximum absolute atomic E-state index is 12.8. The summed E-state index contributed by atoms with van der Waals surface area (Å²) in [7, 11) is 0. The van der Waals surface area contributed by atoms with Crippen LogP contribution in [0.2, 0.25) is 0 Å². The molecule has 0 aliphatic carbocycles. The largest absolute Gasteiger partial charge is 0.462 e. The average molecular weight is 879 g/mol. The highest BCUT2D eigenvalue weighted by atomic mass is 16.6. The number of carbonyl (C=O) groups is 3. The molecule has 0 radical (unpaired) electrons. The van der Waals surface area contributed by atoms with Gasteiger partial charge in [0.15, 0.2) is 6.10 Å². The highest BCUT2D eigenvalue weighted by Crippen LogP contribution is 2.13. The van der Waals surface area contributed by atoms with Crippen molar-refractivity contribution in [1.29, 1.82) is 0 Å². The van der Waals surface area contributed by atoms with E-state index in [0.717, 1.165) is 96.3 Å². The van der Waals surface area contributed by atoms with E-state index in [1.165, 1.54) is 25.7 Å². The molecule has 0 heterocycles. The van der Waals surface area contributed by atoms with Gasteiger partial charge in [0.2, 0.25) is 0 Å². The van der Waals surface area contributed by atoms with E-state index < -0.39 is 6.10 Å². The molecule has 0 bridgehead atoms. The summed E-state index contributed by atoms with van der Waals surface area (Å²) in [6.07, 6.45) is 73.7. The van der Waals surface area contributed by atoms with Gasteiger partial charge >= 0.3 is 17.9 Å². The molecule has 64 heavy (non-hydrogen) atoms. The van der Waals surface area contributed by atoms with Crippen molar-refractivity contribution in [2.75, 3.05) is 13.2 Å². The fourth-order valence-electron chi connectivity index (χ4n) is 5.91. The molecule has 0 saturated carbocycles. The van der Waals surface area contributed by atoms with Crippen molar-refractivity contribution >= 4 is 17.9 Å². The third kappa shape index (κ3) is 48.1. The van der Waals surface area contributed by atoms with Crippen LogP contribution in [0.3, 0.4) is 0 Å². The molecule has 0 amide bonds. The summed E-state index contributed by atoms with van der Waals surface area (Å²) in [4.78, 5) is 37.9. The van der Waals surface area contributed by atoms with E-state index in [4.69, 9.17) is 14.2 Å². The van der Waals surface area contributed by atoms with E-state index in [-0.39, 0.29) is 44.0 Å². The number of rotatable bonds is 41. The van der Waals surface area contributed by atoms with Crippen molar-refractivity contribution in [2.45, 2.75) is 175 Å². The highest BCUT2D eigenvalue weighted by molar-refractivity contribution is 5.71. The van der Waals surface area contributed by atoms with Crippen molar-refractivity contribution < 1.29 is 28.6 Å². The van der Waals surface area contributed by atoms with Gasteiger partial charge in [-0.15, -0.1) is 0 Å². The topological polar surface area (TPSA) is 78.9 Å². The lowest BCUT2D eigenvalue weighted by Gasteiger charge is -2.18. The number of esters is 3. The smallest absolute Gasteiger partial charge is 0.306 e. The molecule has 1 atom stereocenters. The molecule has 0 rings (SSSR count). The zero-order chi connectivity index (χ0) is 46.5. The van der Waals surface area contributed by atoms with Gasteiger partial charge in [-0.1, -0.05) is 237 Å². The van der Waals surface area contributed by atoms with Crippen molar-refractivity contribution in [2.24, 2.45) is 0 Å². The van der Waals surface area contributed by atoms with E-state index in [9.17, 15) is 14.4 Å². The minimum absolute atomic E-state index is 0.127. The van der Waals surface area contributed by atoms with Crippen molar-refractivity contribution in [1.82, 2.24) is 0 Å². The minimum atomic E-state index is -0.832. The fraction of sp³-hybridized carbons (Fsp3) is 0.500. The first kappa shape index (κ1) is 59.0. The molecule has 0 aromatic heterocycles. The van der Waals surface area contributed by atoms with Gasteiger partial charge in [0.1, 0.15) is 13.2 Å². The summed E-state index contributed by atoms with van der Waals surface area (Å²) >= 11 is 0. The zero-order valence-electron chi connectivity index (χ0n) is 40.2. The van der Waals surface area contributed by atoms with Crippen LogP contribution in [0.1, 0.15) is 168 Å². The van der Waals surface area contributed by atoms with Crippen LogP contribution in [0.25, 0.3) is 0 Å². The van der Waals surface area contributed by atoms with Crippen LogP contribution in [0.5, 0.6) is 0 Å². The summed E-state index contributed by atoms with van der Waals surface area (Å²) in [5.41, 5.74) is 0. The van der Waals surface area contributed by atoms with E-state index >= 15 is 0 Å². The molecule has 354 valence electrons. The lowest BCUT2D eigenvalue weighted by Crippen LogP contribution is -2.30. The number of allylic oxidation sites excluding steroid dienone is 26. The molecule has 0 fully saturated rings. The van der Waals surface area contributed by atoms with Crippen molar-refractivity contribution in [3.8, 4) is 0 Å². The van der Waals surface area contributed by atoms with Gasteiger partial charge in [-0.2, -0.15) is 0 Å². The van der Waals surface area contributed by atoms with Crippen LogP contribution < -0.4 is 0 Å². The monoisotopic (exact) mass is 879 g/mol. The molecule has 6 nitrogen and oxygen atoms in total. The zero-order valence-corrected chi connectivity index (χ0v) is 40.2. The summed E-state index contributed by atoms with van der Waals surface area (Å²) in [6.45, 7) is 6.14. The third-order valence-electron chi connectivity index (χ3n) is 9.55. The molecule has 0 saturated heterocycles. The Labute approximate surface area is 390 Å². The van der Waals surface area contributed by atoms with E-state index in [1.54, 1.807) is 0 Å². The number of ether oxygens (including phenoxy) is 3. The van der Waals surface area contributed by atoms with Crippen molar-refractivity contribution in [3.63, 3.8) is 0 Å². The lowest BCUT2D eigenvalue weighted by molar-refractivity contribution is -0.167. The van der Waals surface area contributed by atoms with E-state index in [2.05, 4.69) is 87.6 Å². The van der Waals surface area contributed by atoms with Crippen LogP contribution in [0.4, 0.5) is 0 Å². The molecular weight excluding hydrogens is 793 g/mol. The highest BCUT2D eigenvalue weighted by Gasteiger charge is 2.19. The number of unbranched alkanes of at least 4 members (excludes halogenated alkanes) is 14. The Morgan fingerprint density at radius 3 is 1.02 bits per heavy atom. The molecule has 0 aromatic rings. The van der Waals surface area contributed by atoms with E-state index in [1.807, 2.05) is 91.1 Å². The predicted molar refractivity (Wildman–Crippen MR) is 274 cm³/mol. The number of carbonyl (C=O) groups excluding carboxylic acids is 3. The second-order valence-electron chi connectivity index (χ2n) is 15.6. The Morgan fingerprint density at radius 2 is 0.625 bits per heavy atom. The summed E-state index contributed by atoms with van der Waals surface area (Å²) in [5.74, 6) is -1.05. The second-order valence-corrected chi connectivity index (χ2v) is 15.6. The van der Waals surface area contributed by atoms with Crippen LogP contribution in [0.15, 0.2) is 158 Å². The SMILES string of the molecule is CC\C=C/C=C\C=C/C=C\C=C/CCCC(=O)OCC(COC(=O)CCCCCCC\C=C/C=C\C=C/C=C\C=C/CCC)OC(=O)CCCCCCCCC\C=C/C=C\C=C/CC. The normalized spacial score (nSPS) is 13.5. The van der Waals surface area contributed by atoms with Gasteiger partial charge in [0.05, 0.1) is 0 Å². The first-order valence-electron chi connectivity index (χ1n) is 24.7. The molecule has 0 spiro atoms. The molecule has 0 N–H and O–H groups in total. The summed E-state index contributed by atoms with van der Waals surface area (Å²) in [6, 6.07) is 0. The van der Waals surface area contributed by atoms with Gasteiger partial charge in [-0.25, -0.2) is 0 Å². The second kappa shape index (κ2) is 50.7. The average Bonchev–Trinajstić information content (AvgIpc) is 3.29. The van der Waals surface area contributed by atoms with Crippen LogP contribution in [0, 0.1) is 0 Å². The van der Waals surface area contributed by atoms with Crippen LogP contribution in [-0.2, 0) is 28.6 Å². The number of hydrogen-bond acceptors (Lipinski definition) is 6. The molecule has 0 aromatic carbocycles. The first-order chi connectivity index (χ1) is 31.5. The molecule has 1 unspecified atom stereocenters.